The van der Waals surface area contributed by atoms with Crippen LogP contribution in [0.25, 0.3) is 0 Å². The summed E-state index contributed by atoms with van der Waals surface area (Å²) in [6, 6.07) is 14.8. The van der Waals surface area contributed by atoms with Crippen LogP contribution in [-0.2, 0) is 6.54 Å². The fourth-order valence-corrected chi connectivity index (χ4v) is 2.53. The molecule has 0 bridgehead atoms. The monoisotopic (exact) mass is 321 g/mol. The third-order valence-electron chi connectivity index (χ3n) is 3.21. The summed E-state index contributed by atoms with van der Waals surface area (Å²) in [6.07, 6.45) is 0.470. The Bertz CT molecular complexity index is 628. The molecule has 0 heterocycles. The molecule has 21 heavy (non-hydrogen) atoms. The average Bonchev–Trinajstić information content (AvgIpc) is 2.45. The second-order valence-corrected chi connectivity index (χ2v) is 5.92. The van der Waals surface area contributed by atoms with Crippen molar-refractivity contribution in [3.8, 4) is 0 Å². The Morgan fingerprint density at radius 3 is 2.38 bits per heavy atom. The van der Waals surface area contributed by atoms with Crippen LogP contribution in [0.3, 0.4) is 0 Å². The highest BCUT2D eigenvalue weighted by Gasteiger charge is 2.08. The summed E-state index contributed by atoms with van der Waals surface area (Å²) in [5, 5.41) is 1.32. The summed E-state index contributed by atoms with van der Waals surface area (Å²) < 4.78 is 0. The van der Waals surface area contributed by atoms with Crippen molar-refractivity contribution >= 4 is 29.0 Å². The van der Waals surface area contributed by atoms with Gasteiger partial charge in [-0.2, -0.15) is 0 Å². The minimum Gasteiger partial charge on any atom is -0.302 e. The minimum atomic E-state index is 0.107. The standard InChI is InChI=1S/C17H17Cl2NO/c1-20(12-13-4-2-6-15(18)10-13)9-8-17(21)14-5-3-7-16(19)11-14/h2-7,10-11H,8-9,12H2,1H3. The molecule has 0 aromatic heterocycles. The predicted molar refractivity (Wildman–Crippen MR) is 88.2 cm³/mol. The smallest absolute Gasteiger partial charge is 0.164 e. The Labute approximate surface area is 135 Å². The van der Waals surface area contributed by atoms with Gasteiger partial charge in [-0.25, -0.2) is 0 Å². The lowest BCUT2D eigenvalue weighted by Gasteiger charge is -2.16. The third-order valence-corrected chi connectivity index (χ3v) is 3.68. The lowest BCUT2D eigenvalue weighted by Crippen LogP contribution is -2.21. The van der Waals surface area contributed by atoms with Gasteiger partial charge in [0.1, 0.15) is 0 Å². The van der Waals surface area contributed by atoms with E-state index in [1.54, 1.807) is 24.3 Å². The van der Waals surface area contributed by atoms with Gasteiger partial charge < -0.3 is 4.90 Å². The molecule has 2 nitrogen and oxygen atoms in total. The maximum Gasteiger partial charge on any atom is 0.164 e. The van der Waals surface area contributed by atoms with Crippen LogP contribution in [0.5, 0.6) is 0 Å². The van der Waals surface area contributed by atoms with E-state index in [9.17, 15) is 4.79 Å². The molecule has 0 aliphatic heterocycles. The van der Waals surface area contributed by atoms with Crippen molar-refractivity contribution in [1.29, 1.82) is 0 Å². The van der Waals surface area contributed by atoms with E-state index < -0.39 is 0 Å². The van der Waals surface area contributed by atoms with E-state index in [1.807, 2.05) is 31.3 Å². The molecule has 4 heteroatoms. The number of carbonyl (C=O) groups is 1. The fraction of sp³-hybridized carbons (Fsp3) is 0.235. The Morgan fingerprint density at radius 2 is 1.71 bits per heavy atom. The maximum absolute atomic E-state index is 12.1. The van der Waals surface area contributed by atoms with Crippen LogP contribution >= 0.6 is 23.2 Å². The summed E-state index contributed by atoms with van der Waals surface area (Å²) in [7, 11) is 1.99. The first-order chi connectivity index (χ1) is 10.0. The van der Waals surface area contributed by atoms with E-state index in [0.717, 1.165) is 17.1 Å². The lowest BCUT2D eigenvalue weighted by atomic mass is 10.1. The van der Waals surface area contributed by atoms with Crippen molar-refractivity contribution in [2.45, 2.75) is 13.0 Å². The van der Waals surface area contributed by atoms with Crippen LogP contribution in [0.4, 0.5) is 0 Å². The van der Waals surface area contributed by atoms with Crippen molar-refractivity contribution < 1.29 is 4.79 Å². The molecule has 0 radical (unpaired) electrons. The number of nitrogens with zero attached hydrogens (tertiary/aromatic N) is 1. The van der Waals surface area contributed by atoms with Crippen molar-refractivity contribution in [2.75, 3.05) is 13.6 Å². The molecule has 0 amide bonds. The summed E-state index contributed by atoms with van der Waals surface area (Å²) in [6.45, 7) is 1.46. The molecule has 0 saturated heterocycles. The van der Waals surface area contributed by atoms with Crippen molar-refractivity contribution in [3.63, 3.8) is 0 Å². The van der Waals surface area contributed by atoms with Crippen molar-refractivity contribution in [2.24, 2.45) is 0 Å². The van der Waals surface area contributed by atoms with Gasteiger partial charge in [-0.05, 0) is 36.9 Å². The summed E-state index contributed by atoms with van der Waals surface area (Å²) >= 11 is 11.9. The van der Waals surface area contributed by atoms with E-state index in [1.165, 1.54) is 0 Å². The molecule has 0 aliphatic rings. The largest absolute Gasteiger partial charge is 0.302 e. The van der Waals surface area contributed by atoms with Crippen LogP contribution < -0.4 is 0 Å². The highest BCUT2D eigenvalue weighted by molar-refractivity contribution is 6.31. The van der Waals surface area contributed by atoms with Crippen LogP contribution in [0, 0.1) is 0 Å². The van der Waals surface area contributed by atoms with E-state index in [-0.39, 0.29) is 5.78 Å². The van der Waals surface area contributed by atoms with Gasteiger partial charge in [0.05, 0.1) is 0 Å². The zero-order valence-corrected chi connectivity index (χ0v) is 13.4. The van der Waals surface area contributed by atoms with Crippen molar-refractivity contribution in [1.82, 2.24) is 4.90 Å². The number of carbonyl (C=O) groups excluding carboxylic acids is 1. The Morgan fingerprint density at radius 1 is 1.05 bits per heavy atom. The van der Waals surface area contributed by atoms with Crippen molar-refractivity contribution in [3.05, 3.63) is 69.7 Å². The van der Waals surface area contributed by atoms with E-state index in [4.69, 9.17) is 23.2 Å². The van der Waals surface area contributed by atoms with Gasteiger partial charge in [0, 0.05) is 35.1 Å². The first-order valence-electron chi connectivity index (χ1n) is 6.76. The van der Waals surface area contributed by atoms with E-state index >= 15 is 0 Å². The van der Waals surface area contributed by atoms with E-state index in [0.29, 0.717) is 23.6 Å². The molecule has 2 rings (SSSR count). The normalized spacial score (nSPS) is 10.9. The molecule has 110 valence electrons. The first kappa shape index (κ1) is 16.0. The number of Topliss-reactive ketones (excluding diaryl/α,β-unsaturated/α-hetero) is 1. The number of ketones is 1. The van der Waals surface area contributed by atoms with Crippen LogP contribution in [0.15, 0.2) is 48.5 Å². The van der Waals surface area contributed by atoms with Crippen LogP contribution in [0.1, 0.15) is 22.3 Å². The highest BCUT2D eigenvalue weighted by Crippen LogP contribution is 2.14. The number of benzene rings is 2. The molecule has 0 aliphatic carbocycles. The number of halogens is 2. The second kappa shape index (κ2) is 7.60. The highest BCUT2D eigenvalue weighted by atomic mass is 35.5. The molecule has 0 N–H and O–H groups in total. The number of hydrogen-bond donors (Lipinski definition) is 0. The second-order valence-electron chi connectivity index (χ2n) is 5.05. The molecule has 0 saturated carbocycles. The first-order valence-corrected chi connectivity index (χ1v) is 7.52. The summed E-state index contributed by atoms with van der Waals surface area (Å²) in [5.74, 6) is 0.107. The Hall–Kier alpha value is -1.35. The summed E-state index contributed by atoms with van der Waals surface area (Å²) in [5.41, 5.74) is 1.80. The van der Waals surface area contributed by atoms with Gasteiger partial charge in [0.15, 0.2) is 5.78 Å². The van der Waals surface area contributed by atoms with Gasteiger partial charge in [0.2, 0.25) is 0 Å². The van der Waals surface area contributed by atoms with Crippen LogP contribution in [-0.4, -0.2) is 24.3 Å². The van der Waals surface area contributed by atoms with Gasteiger partial charge in [-0.15, -0.1) is 0 Å². The lowest BCUT2D eigenvalue weighted by molar-refractivity contribution is 0.0968. The predicted octanol–water partition coefficient (Wildman–Crippen LogP) is 4.70. The molecular weight excluding hydrogens is 305 g/mol. The van der Waals surface area contributed by atoms with Gasteiger partial charge >= 0.3 is 0 Å². The van der Waals surface area contributed by atoms with Crippen LogP contribution in [0.2, 0.25) is 10.0 Å². The molecular formula is C17H17Cl2NO. The van der Waals surface area contributed by atoms with Gasteiger partial charge in [0.25, 0.3) is 0 Å². The molecule has 0 unspecified atom stereocenters. The molecule has 0 atom stereocenters. The number of rotatable bonds is 6. The zero-order chi connectivity index (χ0) is 15.2. The minimum absolute atomic E-state index is 0.107. The Balaban J connectivity index is 1.86. The SMILES string of the molecule is CN(CCC(=O)c1cccc(Cl)c1)Cc1cccc(Cl)c1. The van der Waals surface area contributed by atoms with E-state index in [2.05, 4.69) is 4.90 Å². The van der Waals surface area contributed by atoms with Gasteiger partial charge in [-0.1, -0.05) is 47.5 Å². The molecule has 0 fully saturated rings. The average molecular weight is 322 g/mol. The molecule has 0 spiro atoms. The number of hydrogen-bond acceptors (Lipinski definition) is 2. The molecule has 2 aromatic rings. The summed E-state index contributed by atoms with van der Waals surface area (Å²) in [4.78, 5) is 14.2. The zero-order valence-electron chi connectivity index (χ0n) is 11.9. The fourth-order valence-electron chi connectivity index (χ4n) is 2.12. The van der Waals surface area contributed by atoms with Gasteiger partial charge in [-0.3, -0.25) is 4.79 Å². The Kier molecular flexibility index (Phi) is 5.80. The quantitative estimate of drug-likeness (QED) is 0.719. The maximum atomic E-state index is 12.1. The topological polar surface area (TPSA) is 20.3 Å². The molecule has 2 aromatic carbocycles. The third kappa shape index (κ3) is 5.16.